The van der Waals surface area contributed by atoms with E-state index >= 15 is 0 Å². The van der Waals surface area contributed by atoms with Gasteiger partial charge in [0.05, 0.1) is 12.2 Å². The summed E-state index contributed by atoms with van der Waals surface area (Å²) in [6, 6.07) is 14.1. The minimum Gasteiger partial charge on any atom is -0.336 e. The summed E-state index contributed by atoms with van der Waals surface area (Å²) in [7, 11) is 0. The zero-order chi connectivity index (χ0) is 14.9. The summed E-state index contributed by atoms with van der Waals surface area (Å²) in [4.78, 5) is 14.8. The fourth-order valence-corrected chi connectivity index (χ4v) is 3.14. The second-order valence-corrected chi connectivity index (χ2v) is 5.60. The van der Waals surface area contributed by atoms with E-state index in [1.807, 2.05) is 58.2 Å². The molecular weight excluding hydrogens is 276 g/mol. The van der Waals surface area contributed by atoms with Gasteiger partial charge < -0.3 is 4.90 Å². The Labute approximate surface area is 128 Å². The number of amides is 1. The maximum atomic E-state index is 12.9. The third-order valence-electron chi connectivity index (χ3n) is 4.29. The maximum absolute atomic E-state index is 12.9. The molecule has 110 valence electrons. The average molecular weight is 292 g/mol. The Morgan fingerprint density at radius 3 is 2.86 bits per heavy atom. The Kier molecular flexibility index (Phi) is 3.11. The van der Waals surface area contributed by atoms with Crippen LogP contribution in [0.15, 0.2) is 54.9 Å². The normalized spacial score (nSPS) is 18.0. The van der Waals surface area contributed by atoms with Crippen LogP contribution < -0.4 is 0 Å². The number of likely N-dealkylation sites (tertiary alicyclic amines) is 1. The number of fused-ring (bicyclic) bond motifs is 1. The predicted molar refractivity (Wildman–Crippen MR) is 83.5 cm³/mol. The first-order chi connectivity index (χ1) is 10.8. The van der Waals surface area contributed by atoms with Crippen LogP contribution in [0.2, 0.25) is 0 Å². The van der Waals surface area contributed by atoms with Crippen LogP contribution in [0.1, 0.15) is 22.8 Å². The number of hydrogen-bond acceptors (Lipinski definition) is 3. The first kappa shape index (κ1) is 13.0. The van der Waals surface area contributed by atoms with E-state index in [1.54, 1.807) is 6.20 Å². The van der Waals surface area contributed by atoms with Gasteiger partial charge in [-0.2, -0.15) is 0 Å². The molecule has 0 aliphatic carbocycles. The Bertz CT molecular complexity index is 807. The summed E-state index contributed by atoms with van der Waals surface area (Å²) < 4.78 is 1.84. The van der Waals surface area contributed by atoms with Crippen LogP contribution in [0.5, 0.6) is 0 Å². The lowest BCUT2D eigenvalue weighted by molar-refractivity contribution is 0.0789. The number of carbonyl (C=O) groups is 1. The highest BCUT2D eigenvalue weighted by Crippen LogP contribution is 2.25. The standard InChI is InChI=1S/C17H16N4O/c22-17(16-7-3-5-13-4-1-2-6-15(13)16)20-10-8-14(12-20)21-11-9-18-19-21/h1-7,9,11,14H,8,10,12H2/t14-/m1/s1. The van der Waals surface area contributed by atoms with Crippen LogP contribution in [-0.2, 0) is 0 Å². The van der Waals surface area contributed by atoms with Crippen molar-refractivity contribution in [2.75, 3.05) is 13.1 Å². The molecule has 0 bridgehead atoms. The lowest BCUT2D eigenvalue weighted by Gasteiger charge is -2.17. The van der Waals surface area contributed by atoms with E-state index in [9.17, 15) is 4.79 Å². The second kappa shape index (κ2) is 5.26. The van der Waals surface area contributed by atoms with Crippen LogP contribution in [0.4, 0.5) is 0 Å². The van der Waals surface area contributed by atoms with Crippen LogP contribution in [0.3, 0.4) is 0 Å². The van der Waals surface area contributed by atoms with Crippen molar-refractivity contribution in [3.05, 3.63) is 60.4 Å². The Balaban J connectivity index is 1.62. The predicted octanol–water partition coefficient (Wildman–Crippen LogP) is 2.52. The second-order valence-electron chi connectivity index (χ2n) is 5.60. The van der Waals surface area contributed by atoms with E-state index in [2.05, 4.69) is 10.3 Å². The smallest absolute Gasteiger partial charge is 0.254 e. The lowest BCUT2D eigenvalue weighted by Crippen LogP contribution is -2.29. The van der Waals surface area contributed by atoms with Gasteiger partial charge in [-0.05, 0) is 23.3 Å². The minimum atomic E-state index is 0.0967. The summed E-state index contributed by atoms with van der Waals surface area (Å²) in [5, 5.41) is 10.00. The summed E-state index contributed by atoms with van der Waals surface area (Å²) in [6.45, 7) is 1.44. The van der Waals surface area contributed by atoms with Crippen molar-refractivity contribution in [1.29, 1.82) is 0 Å². The number of rotatable bonds is 2. The zero-order valence-corrected chi connectivity index (χ0v) is 12.1. The summed E-state index contributed by atoms with van der Waals surface area (Å²) in [5.74, 6) is 0.0967. The third kappa shape index (κ3) is 2.15. The van der Waals surface area contributed by atoms with Crippen molar-refractivity contribution in [1.82, 2.24) is 19.9 Å². The number of nitrogens with zero attached hydrogens (tertiary/aromatic N) is 4. The fourth-order valence-electron chi connectivity index (χ4n) is 3.14. The fraction of sp³-hybridized carbons (Fsp3) is 0.235. The van der Waals surface area contributed by atoms with Gasteiger partial charge in [-0.25, -0.2) is 4.68 Å². The minimum absolute atomic E-state index is 0.0967. The molecule has 2 heterocycles. The molecule has 0 N–H and O–H groups in total. The first-order valence-corrected chi connectivity index (χ1v) is 7.46. The van der Waals surface area contributed by atoms with Gasteiger partial charge in [-0.1, -0.05) is 41.6 Å². The maximum Gasteiger partial charge on any atom is 0.254 e. The Morgan fingerprint density at radius 1 is 1.14 bits per heavy atom. The van der Waals surface area contributed by atoms with E-state index < -0.39 is 0 Å². The molecule has 1 aliphatic heterocycles. The van der Waals surface area contributed by atoms with Crippen molar-refractivity contribution in [3.63, 3.8) is 0 Å². The topological polar surface area (TPSA) is 51.0 Å². The van der Waals surface area contributed by atoms with Crippen LogP contribution in [-0.4, -0.2) is 38.9 Å². The first-order valence-electron chi connectivity index (χ1n) is 7.46. The van der Waals surface area contributed by atoms with Crippen molar-refractivity contribution < 1.29 is 4.79 Å². The van der Waals surface area contributed by atoms with Gasteiger partial charge >= 0.3 is 0 Å². The lowest BCUT2D eigenvalue weighted by atomic mass is 10.0. The quantitative estimate of drug-likeness (QED) is 0.729. The van der Waals surface area contributed by atoms with Crippen LogP contribution in [0, 0.1) is 0 Å². The van der Waals surface area contributed by atoms with Gasteiger partial charge in [-0.3, -0.25) is 4.79 Å². The molecule has 3 aromatic rings. The average Bonchev–Trinajstić information content (AvgIpc) is 3.24. The summed E-state index contributed by atoms with van der Waals surface area (Å²) in [5.41, 5.74) is 0.775. The van der Waals surface area contributed by atoms with Crippen LogP contribution >= 0.6 is 0 Å². The molecule has 2 aromatic carbocycles. The highest BCUT2D eigenvalue weighted by Gasteiger charge is 2.29. The van der Waals surface area contributed by atoms with E-state index in [1.165, 1.54) is 0 Å². The zero-order valence-electron chi connectivity index (χ0n) is 12.1. The Hall–Kier alpha value is -2.69. The van der Waals surface area contributed by atoms with Gasteiger partial charge in [0.25, 0.3) is 5.91 Å². The molecule has 5 nitrogen and oxygen atoms in total. The highest BCUT2D eigenvalue weighted by atomic mass is 16.2. The molecule has 1 aromatic heterocycles. The van der Waals surface area contributed by atoms with E-state index in [0.29, 0.717) is 6.54 Å². The molecule has 1 aliphatic rings. The monoisotopic (exact) mass is 292 g/mol. The number of hydrogen-bond donors (Lipinski definition) is 0. The SMILES string of the molecule is O=C(c1cccc2ccccc12)N1CC[C@@H](n2ccnn2)C1. The molecule has 1 atom stereocenters. The van der Waals surface area contributed by atoms with Gasteiger partial charge in [-0.15, -0.1) is 5.10 Å². The van der Waals surface area contributed by atoms with Crippen molar-refractivity contribution >= 4 is 16.7 Å². The van der Waals surface area contributed by atoms with E-state index in [0.717, 1.165) is 29.3 Å². The molecule has 1 amide bonds. The molecule has 4 rings (SSSR count). The van der Waals surface area contributed by atoms with Gasteiger partial charge in [0.2, 0.25) is 0 Å². The van der Waals surface area contributed by atoms with E-state index in [-0.39, 0.29) is 11.9 Å². The third-order valence-corrected chi connectivity index (χ3v) is 4.29. The number of carbonyl (C=O) groups excluding carboxylic acids is 1. The van der Waals surface area contributed by atoms with Crippen LogP contribution in [0.25, 0.3) is 10.8 Å². The molecule has 0 radical (unpaired) electrons. The van der Waals surface area contributed by atoms with Gasteiger partial charge in [0.15, 0.2) is 0 Å². The molecule has 1 fully saturated rings. The molecular formula is C17H16N4O. The van der Waals surface area contributed by atoms with Gasteiger partial charge in [0, 0.05) is 24.8 Å². The molecule has 0 saturated carbocycles. The summed E-state index contributed by atoms with van der Waals surface area (Å²) >= 11 is 0. The van der Waals surface area contributed by atoms with Gasteiger partial charge in [0.1, 0.15) is 0 Å². The number of aromatic nitrogens is 3. The summed E-state index contributed by atoms with van der Waals surface area (Å²) in [6.07, 6.45) is 4.45. The molecule has 22 heavy (non-hydrogen) atoms. The Morgan fingerprint density at radius 2 is 2.00 bits per heavy atom. The molecule has 5 heteroatoms. The van der Waals surface area contributed by atoms with E-state index in [4.69, 9.17) is 0 Å². The molecule has 1 saturated heterocycles. The highest BCUT2D eigenvalue weighted by molar-refractivity contribution is 6.07. The largest absolute Gasteiger partial charge is 0.336 e. The van der Waals surface area contributed by atoms with Crippen molar-refractivity contribution in [2.24, 2.45) is 0 Å². The number of benzene rings is 2. The van der Waals surface area contributed by atoms with Crippen molar-refractivity contribution in [2.45, 2.75) is 12.5 Å². The molecule has 0 spiro atoms. The molecule has 0 unspecified atom stereocenters. The van der Waals surface area contributed by atoms with Crippen molar-refractivity contribution in [3.8, 4) is 0 Å².